The van der Waals surface area contributed by atoms with Gasteiger partial charge in [-0.2, -0.15) is 0 Å². The molecule has 88 valence electrons. The van der Waals surface area contributed by atoms with Crippen LogP contribution in [0.5, 0.6) is 5.75 Å². The quantitative estimate of drug-likeness (QED) is 0.587. The van der Waals surface area contributed by atoms with Crippen LogP contribution in [0.3, 0.4) is 0 Å². The summed E-state index contributed by atoms with van der Waals surface area (Å²) in [5.74, 6) is 0.592. The van der Waals surface area contributed by atoms with Gasteiger partial charge in [0.25, 0.3) is 0 Å². The van der Waals surface area contributed by atoms with Crippen molar-refractivity contribution in [3.8, 4) is 5.75 Å². The van der Waals surface area contributed by atoms with E-state index in [4.69, 9.17) is 4.74 Å². The molecule has 0 radical (unpaired) electrons. The molecule has 1 aliphatic rings. The second kappa shape index (κ2) is 3.87. The highest BCUT2D eigenvalue weighted by Crippen LogP contribution is 2.28. The molecule has 0 aliphatic heterocycles. The fraction of sp³-hybridized carbons (Fsp3) is 0.385. The molecule has 3 rings (SSSR count). The molecule has 1 fully saturated rings. The van der Waals surface area contributed by atoms with Gasteiger partial charge >= 0.3 is 5.97 Å². The first kappa shape index (κ1) is 10.3. The van der Waals surface area contributed by atoms with Gasteiger partial charge in [0.05, 0.1) is 23.3 Å². The molecule has 0 saturated heterocycles. The van der Waals surface area contributed by atoms with E-state index in [1.54, 1.807) is 6.33 Å². The first-order chi connectivity index (χ1) is 8.24. The highest BCUT2D eigenvalue weighted by molar-refractivity contribution is 5.80. The van der Waals surface area contributed by atoms with Crippen LogP contribution < -0.4 is 4.74 Å². The van der Waals surface area contributed by atoms with Gasteiger partial charge in [0.15, 0.2) is 0 Å². The Labute approximate surface area is 99.2 Å². The van der Waals surface area contributed by atoms with Crippen molar-refractivity contribution in [1.29, 1.82) is 0 Å². The van der Waals surface area contributed by atoms with Crippen molar-refractivity contribution in [2.75, 3.05) is 0 Å². The van der Waals surface area contributed by atoms with Gasteiger partial charge < -0.3 is 9.30 Å². The first-order valence-corrected chi connectivity index (χ1v) is 5.87. The number of nitrogens with zero attached hydrogens (tertiary/aromatic N) is 2. The lowest BCUT2D eigenvalue weighted by molar-refractivity contribution is -0.141. The summed E-state index contributed by atoms with van der Waals surface area (Å²) in [5, 5.41) is 0. The van der Waals surface area contributed by atoms with E-state index in [0.717, 1.165) is 30.3 Å². The Morgan fingerprint density at radius 2 is 2.29 bits per heavy atom. The van der Waals surface area contributed by atoms with Crippen molar-refractivity contribution in [3.05, 3.63) is 24.5 Å². The van der Waals surface area contributed by atoms with E-state index in [0.29, 0.717) is 5.75 Å². The maximum Gasteiger partial charge on any atom is 0.314 e. The Balaban J connectivity index is 1.83. The molecule has 0 amide bonds. The number of aromatic nitrogens is 2. The number of hydrogen-bond acceptors (Lipinski definition) is 3. The number of benzene rings is 1. The van der Waals surface area contributed by atoms with Crippen LogP contribution >= 0.6 is 0 Å². The summed E-state index contributed by atoms with van der Waals surface area (Å²) in [7, 11) is 1.94. The summed E-state index contributed by atoms with van der Waals surface area (Å²) in [6, 6.07) is 5.55. The van der Waals surface area contributed by atoms with E-state index in [2.05, 4.69) is 4.98 Å². The van der Waals surface area contributed by atoms with Crippen molar-refractivity contribution in [2.45, 2.75) is 19.3 Å². The SMILES string of the molecule is Cn1cnc2cc(OC(=O)C3CCC3)ccc21. The van der Waals surface area contributed by atoms with E-state index in [9.17, 15) is 4.79 Å². The van der Waals surface area contributed by atoms with Gasteiger partial charge in [0.2, 0.25) is 0 Å². The number of fused-ring (bicyclic) bond motifs is 1. The average Bonchev–Trinajstić information content (AvgIpc) is 2.57. The Hall–Kier alpha value is -1.84. The van der Waals surface area contributed by atoms with Crippen LogP contribution in [0.4, 0.5) is 0 Å². The minimum Gasteiger partial charge on any atom is -0.426 e. The molecule has 1 aromatic heterocycles. The minimum atomic E-state index is -0.105. The second-order valence-corrected chi connectivity index (χ2v) is 4.55. The Bertz CT molecular complexity index is 570. The molecule has 0 unspecified atom stereocenters. The number of esters is 1. The number of rotatable bonds is 2. The Kier molecular flexibility index (Phi) is 2.35. The van der Waals surface area contributed by atoms with Gasteiger partial charge in [-0.05, 0) is 25.0 Å². The first-order valence-electron chi connectivity index (χ1n) is 5.87. The van der Waals surface area contributed by atoms with E-state index in [-0.39, 0.29) is 11.9 Å². The highest BCUT2D eigenvalue weighted by Gasteiger charge is 2.27. The maximum absolute atomic E-state index is 11.7. The minimum absolute atomic E-state index is 0.105. The van der Waals surface area contributed by atoms with E-state index < -0.39 is 0 Å². The highest BCUT2D eigenvalue weighted by atomic mass is 16.5. The largest absolute Gasteiger partial charge is 0.426 e. The van der Waals surface area contributed by atoms with Crippen LogP contribution in [0.2, 0.25) is 0 Å². The van der Waals surface area contributed by atoms with Gasteiger partial charge in [0.1, 0.15) is 5.75 Å². The lowest BCUT2D eigenvalue weighted by Crippen LogP contribution is -2.26. The molecular weight excluding hydrogens is 216 g/mol. The van der Waals surface area contributed by atoms with Crippen LogP contribution in [0.15, 0.2) is 24.5 Å². The van der Waals surface area contributed by atoms with Crippen molar-refractivity contribution in [2.24, 2.45) is 13.0 Å². The third-order valence-electron chi connectivity index (χ3n) is 3.35. The van der Waals surface area contributed by atoms with Gasteiger partial charge in [0, 0.05) is 13.1 Å². The number of carbonyl (C=O) groups is 1. The maximum atomic E-state index is 11.7. The molecule has 0 atom stereocenters. The molecule has 4 heteroatoms. The predicted molar refractivity (Wildman–Crippen MR) is 63.7 cm³/mol. The van der Waals surface area contributed by atoms with Crippen molar-refractivity contribution in [1.82, 2.24) is 9.55 Å². The smallest absolute Gasteiger partial charge is 0.314 e. The van der Waals surface area contributed by atoms with E-state index in [1.165, 1.54) is 0 Å². The molecular formula is C13H14N2O2. The van der Waals surface area contributed by atoms with Crippen LogP contribution in [0.25, 0.3) is 11.0 Å². The second-order valence-electron chi connectivity index (χ2n) is 4.55. The molecule has 1 heterocycles. The molecule has 0 spiro atoms. The van der Waals surface area contributed by atoms with Gasteiger partial charge in [-0.25, -0.2) is 4.98 Å². The van der Waals surface area contributed by atoms with E-state index >= 15 is 0 Å². The number of hydrogen-bond donors (Lipinski definition) is 0. The molecule has 1 aromatic carbocycles. The summed E-state index contributed by atoms with van der Waals surface area (Å²) < 4.78 is 7.28. The number of carbonyl (C=O) groups excluding carboxylic acids is 1. The molecule has 0 N–H and O–H groups in total. The van der Waals surface area contributed by atoms with Crippen molar-refractivity contribution < 1.29 is 9.53 Å². The molecule has 1 aliphatic carbocycles. The third-order valence-corrected chi connectivity index (χ3v) is 3.35. The Morgan fingerprint density at radius 1 is 1.47 bits per heavy atom. The zero-order chi connectivity index (χ0) is 11.8. The number of imidazole rings is 1. The van der Waals surface area contributed by atoms with E-state index in [1.807, 2.05) is 29.8 Å². The molecule has 0 bridgehead atoms. The molecule has 4 nitrogen and oxygen atoms in total. The summed E-state index contributed by atoms with van der Waals surface area (Å²) in [6.07, 6.45) is 4.82. The van der Waals surface area contributed by atoms with Crippen LogP contribution in [-0.4, -0.2) is 15.5 Å². The average molecular weight is 230 g/mol. The van der Waals surface area contributed by atoms with Gasteiger partial charge in [-0.1, -0.05) is 6.42 Å². The normalized spacial score (nSPS) is 15.8. The van der Waals surface area contributed by atoms with Crippen LogP contribution in [-0.2, 0) is 11.8 Å². The van der Waals surface area contributed by atoms with Crippen molar-refractivity contribution >= 4 is 17.0 Å². The summed E-state index contributed by atoms with van der Waals surface area (Å²) >= 11 is 0. The van der Waals surface area contributed by atoms with Gasteiger partial charge in [-0.3, -0.25) is 4.79 Å². The summed E-state index contributed by atoms with van der Waals surface area (Å²) in [5.41, 5.74) is 1.89. The van der Waals surface area contributed by atoms with Crippen LogP contribution in [0, 0.1) is 5.92 Å². The predicted octanol–water partition coefficient (Wildman–Crippen LogP) is 2.28. The third kappa shape index (κ3) is 1.79. The Morgan fingerprint density at radius 3 is 3.00 bits per heavy atom. The van der Waals surface area contributed by atoms with Crippen LogP contribution in [0.1, 0.15) is 19.3 Å². The molecule has 17 heavy (non-hydrogen) atoms. The lowest BCUT2D eigenvalue weighted by Gasteiger charge is -2.22. The lowest BCUT2D eigenvalue weighted by atomic mass is 9.86. The van der Waals surface area contributed by atoms with Gasteiger partial charge in [-0.15, -0.1) is 0 Å². The molecule has 1 saturated carbocycles. The fourth-order valence-corrected chi connectivity index (χ4v) is 2.02. The summed E-state index contributed by atoms with van der Waals surface area (Å²) in [6.45, 7) is 0. The number of aryl methyl sites for hydroxylation is 1. The van der Waals surface area contributed by atoms with Crippen molar-refractivity contribution in [3.63, 3.8) is 0 Å². The fourth-order valence-electron chi connectivity index (χ4n) is 2.02. The summed E-state index contributed by atoms with van der Waals surface area (Å²) in [4.78, 5) is 15.9. The number of ether oxygens (including phenoxy) is 1. The molecule has 2 aromatic rings. The monoisotopic (exact) mass is 230 g/mol. The zero-order valence-corrected chi connectivity index (χ0v) is 9.72. The standard InChI is InChI=1S/C13H14N2O2/c1-15-8-14-11-7-10(5-6-12(11)15)17-13(16)9-3-2-4-9/h5-9H,2-4H2,1H3. The zero-order valence-electron chi connectivity index (χ0n) is 9.72. The topological polar surface area (TPSA) is 44.1 Å².